The van der Waals surface area contributed by atoms with Gasteiger partial charge in [-0.2, -0.15) is 0 Å². The summed E-state index contributed by atoms with van der Waals surface area (Å²) in [5.74, 6) is 0.621. The number of para-hydroxylation sites is 3. The van der Waals surface area contributed by atoms with Crippen molar-refractivity contribution in [1.29, 1.82) is 0 Å². The number of hydrogen-bond donors (Lipinski definition) is 0. The molecule has 0 unspecified atom stereocenters. The Morgan fingerprint density at radius 3 is 2.04 bits per heavy atom. The van der Waals surface area contributed by atoms with Gasteiger partial charge in [0.25, 0.3) is 0 Å². The minimum Gasteiger partial charge on any atom is -0.455 e. The summed E-state index contributed by atoms with van der Waals surface area (Å²) in [6, 6.07) is 57.5. The lowest BCUT2D eigenvalue weighted by molar-refractivity contribution is 0.660. The summed E-state index contributed by atoms with van der Waals surface area (Å²) in [7, 11) is 0. The largest absolute Gasteiger partial charge is 0.455 e. The Hall–Kier alpha value is -6.52. The lowest BCUT2D eigenvalue weighted by Crippen LogP contribution is -2.17. The molecule has 0 aliphatic heterocycles. The molecule has 0 N–H and O–H groups in total. The molecule has 242 valence electrons. The number of anilines is 3. The topological polar surface area (TPSA) is 42.2 Å². The Morgan fingerprint density at radius 1 is 0.510 bits per heavy atom. The van der Waals surface area contributed by atoms with Gasteiger partial charge in [-0.15, -0.1) is 0 Å². The third kappa shape index (κ3) is 4.53. The zero-order valence-corrected chi connectivity index (χ0v) is 28.3. The molecule has 0 spiro atoms. The van der Waals surface area contributed by atoms with Crippen LogP contribution in [0, 0.1) is 0 Å². The van der Waals surface area contributed by atoms with Crippen molar-refractivity contribution in [2.75, 3.05) is 4.90 Å². The quantitative estimate of drug-likeness (QED) is 0.185. The van der Waals surface area contributed by atoms with E-state index in [0.717, 1.165) is 66.6 Å². The molecule has 0 bridgehead atoms. The van der Waals surface area contributed by atoms with Gasteiger partial charge in [0.15, 0.2) is 0 Å². The first kappa shape index (κ1) is 29.4. The fourth-order valence-electron chi connectivity index (χ4n) is 8.03. The van der Waals surface area contributed by atoms with E-state index in [9.17, 15) is 0 Å². The Balaban J connectivity index is 1.21. The van der Waals surface area contributed by atoms with Crippen LogP contribution in [0.15, 0.2) is 168 Å². The summed E-state index contributed by atoms with van der Waals surface area (Å²) in [5.41, 5.74) is 13.7. The molecule has 51 heavy (non-hydrogen) atoms. The van der Waals surface area contributed by atoms with Gasteiger partial charge in [0.05, 0.1) is 16.9 Å². The standard InChI is InChI=1S/C47H33N3O/c1-47(2)38-21-9-6-17-36(38)43-39(47)22-13-24-41(43)50(46-48-40-23-10-7-18-37(40)44(49-46)31-14-4-3-5-15-31)32-28-26-30(27-29-32)33-19-12-20-35-34-16-8-11-25-42(34)51-45(33)35/h3-29H,1-2H3. The molecule has 2 aromatic heterocycles. The van der Waals surface area contributed by atoms with Gasteiger partial charge >= 0.3 is 0 Å². The van der Waals surface area contributed by atoms with Crippen LogP contribution in [0.2, 0.25) is 0 Å². The Bertz CT molecular complexity index is 2780. The van der Waals surface area contributed by atoms with E-state index in [1.165, 1.54) is 22.3 Å². The number of benzene rings is 7. The minimum atomic E-state index is -0.151. The van der Waals surface area contributed by atoms with Crippen LogP contribution in [0.25, 0.3) is 66.4 Å². The predicted molar refractivity (Wildman–Crippen MR) is 210 cm³/mol. The highest BCUT2D eigenvalue weighted by Crippen LogP contribution is 2.54. The van der Waals surface area contributed by atoms with Crippen LogP contribution < -0.4 is 4.90 Å². The van der Waals surface area contributed by atoms with E-state index in [1.807, 2.05) is 24.3 Å². The van der Waals surface area contributed by atoms with Crippen molar-refractivity contribution in [3.8, 4) is 33.5 Å². The molecule has 0 fully saturated rings. The maximum Gasteiger partial charge on any atom is 0.235 e. The molecule has 0 amide bonds. The van der Waals surface area contributed by atoms with E-state index in [1.54, 1.807) is 0 Å². The molecular weight excluding hydrogens is 623 g/mol. The number of aromatic nitrogens is 2. The number of fused-ring (bicyclic) bond motifs is 7. The van der Waals surface area contributed by atoms with Crippen LogP contribution in [-0.2, 0) is 5.41 Å². The van der Waals surface area contributed by atoms with Crippen LogP contribution in [0.1, 0.15) is 25.0 Å². The number of rotatable bonds is 5. The lowest BCUT2D eigenvalue weighted by atomic mass is 9.82. The van der Waals surface area contributed by atoms with Crippen LogP contribution in [0.3, 0.4) is 0 Å². The van der Waals surface area contributed by atoms with Crippen molar-refractivity contribution < 1.29 is 4.42 Å². The van der Waals surface area contributed by atoms with Crippen LogP contribution >= 0.6 is 0 Å². The van der Waals surface area contributed by atoms with Gasteiger partial charge in [-0.05, 0) is 52.6 Å². The fourth-order valence-corrected chi connectivity index (χ4v) is 8.03. The second kappa shape index (κ2) is 11.3. The molecule has 0 radical (unpaired) electrons. The summed E-state index contributed by atoms with van der Waals surface area (Å²) < 4.78 is 6.42. The highest BCUT2D eigenvalue weighted by Gasteiger charge is 2.38. The molecule has 1 aliphatic rings. The molecule has 7 aromatic carbocycles. The number of hydrogen-bond acceptors (Lipinski definition) is 4. The van der Waals surface area contributed by atoms with Crippen molar-refractivity contribution in [2.45, 2.75) is 19.3 Å². The van der Waals surface area contributed by atoms with E-state index in [0.29, 0.717) is 5.95 Å². The van der Waals surface area contributed by atoms with Crippen molar-refractivity contribution >= 4 is 50.2 Å². The monoisotopic (exact) mass is 655 g/mol. The number of nitrogens with zero attached hydrogens (tertiary/aromatic N) is 3. The van der Waals surface area contributed by atoms with Crippen molar-refractivity contribution in [1.82, 2.24) is 9.97 Å². The first-order valence-corrected chi connectivity index (χ1v) is 17.4. The predicted octanol–water partition coefficient (Wildman–Crippen LogP) is 12.6. The molecule has 0 atom stereocenters. The molecule has 10 rings (SSSR count). The van der Waals surface area contributed by atoms with Gasteiger partial charge in [-0.1, -0.05) is 147 Å². The molecule has 2 heterocycles. The average Bonchev–Trinajstić information content (AvgIpc) is 3.68. The van der Waals surface area contributed by atoms with Crippen molar-refractivity contribution in [3.05, 3.63) is 175 Å². The normalized spacial score (nSPS) is 13.1. The van der Waals surface area contributed by atoms with Crippen molar-refractivity contribution in [2.24, 2.45) is 0 Å². The Labute approximate surface area is 296 Å². The fraction of sp³-hybridized carbons (Fsp3) is 0.0638. The maximum atomic E-state index is 6.42. The Kier molecular flexibility index (Phi) is 6.49. The zero-order valence-electron chi connectivity index (χ0n) is 28.3. The lowest BCUT2D eigenvalue weighted by Gasteiger charge is -2.28. The second-order valence-electron chi connectivity index (χ2n) is 13.8. The van der Waals surface area contributed by atoms with Crippen LogP contribution in [0.4, 0.5) is 17.3 Å². The van der Waals surface area contributed by atoms with Gasteiger partial charge in [0.2, 0.25) is 5.95 Å². The van der Waals surface area contributed by atoms with Gasteiger partial charge in [-0.3, -0.25) is 4.90 Å². The van der Waals surface area contributed by atoms with E-state index in [2.05, 4.69) is 158 Å². The Morgan fingerprint density at radius 2 is 1.18 bits per heavy atom. The van der Waals surface area contributed by atoms with E-state index in [4.69, 9.17) is 14.4 Å². The average molecular weight is 656 g/mol. The second-order valence-corrected chi connectivity index (χ2v) is 13.8. The molecule has 0 saturated carbocycles. The van der Waals surface area contributed by atoms with Crippen molar-refractivity contribution in [3.63, 3.8) is 0 Å². The van der Waals surface area contributed by atoms with Gasteiger partial charge in [0.1, 0.15) is 11.2 Å². The van der Waals surface area contributed by atoms with Crippen LogP contribution in [0.5, 0.6) is 0 Å². The smallest absolute Gasteiger partial charge is 0.235 e. The highest BCUT2D eigenvalue weighted by molar-refractivity contribution is 6.09. The maximum absolute atomic E-state index is 6.42. The first-order valence-electron chi connectivity index (χ1n) is 17.4. The molecule has 0 saturated heterocycles. The summed E-state index contributed by atoms with van der Waals surface area (Å²) in [4.78, 5) is 12.9. The highest BCUT2D eigenvalue weighted by atomic mass is 16.3. The van der Waals surface area contributed by atoms with E-state index in [-0.39, 0.29) is 5.41 Å². The van der Waals surface area contributed by atoms with Gasteiger partial charge < -0.3 is 4.42 Å². The molecule has 4 heteroatoms. The number of furan rings is 1. The minimum absolute atomic E-state index is 0.151. The third-order valence-electron chi connectivity index (χ3n) is 10.5. The molecular formula is C47H33N3O. The molecule has 4 nitrogen and oxygen atoms in total. The van der Waals surface area contributed by atoms with Crippen LogP contribution in [-0.4, -0.2) is 9.97 Å². The molecule has 1 aliphatic carbocycles. The SMILES string of the molecule is CC1(C)c2ccccc2-c2c(N(c3ccc(-c4cccc5c4oc4ccccc45)cc3)c3nc(-c4ccccc4)c4ccccc4n3)cccc21. The summed E-state index contributed by atoms with van der Waals surface area (Å²) in [5, 5.41) is 3.26. The first-order chi connectivity index (χ1) is 25.1. The summed E-state index contributed by atoms with van der Waals surface area (Å²) >= 11 is 0. The summed E-state index contributed by atoms with van der Waals surface area (Å²) in [6.07, 6.45) is 0. The third-order valence-corrected chi connectivity index (χ3v) is 10.5. The van der Waals surface area contributed by atoms with Gasteiger partial charge in [0, 0.05) is 44.0 Å². The summed E-state index contributed by atoms with van der Waals surface area (Å²) in [6.45, 7) is 4.64. The molecule has 9 aromatic rings. The van der Waals surface area contributed by atoms with E-state index >= 15 is 0 Å². The van der Waals surface area contributed by atoms with Gasteiger partial charge in [-0.25, -0.2) is 9.97 Å². The zero-order chi connectivity index (χ0) is 34.1. The van der Waals surface area contributed by atoms with E-state index < -0.39 is 0 Å².